The largest absolute Gasteiger partial charge is 0.452 e. The van der Waals surface area contributed by atoms with Crippen molar-refractivity contribution in [1.82, 2.24) is 18.9 Å². The number of hydrogen-bond acceptors (Lipinski definition) is 4. The third-order valence-corrected chi connectivity index (χ3v) is 13.4. The van der Waals surface area contributed by atoms with Crippen LogP contribution in [-0.2, 0) is 0 Å². The van der Waals surface area contributed by atoms with E-state index in [-0.39, 0.29) is 0 Å². The smallest absolute Gasteiger partial charge is 0.236 e. The van der Waals surface area contributed by atoms with Gasteiger partial charge in [0.05, 0.1) is 27.6 Å². The standard InChI is InChI=1S/C52H28N4OS/c1-2-10-29(11-3-1)30-20-22-31(23-21-30)32-12-8-13-33(28-32)48-51-49(36-15-5-7-19-41(36)57-51)54-52(53-48)56-39-18-9-17-38-44(39)45-40(56)25-27-42-46(45)47-43(58-42)26-24-35-34-14-4-6-16-37(34)55(38)50(35)47/h1-28H. The minimum atomic E-state index is 0.617. The Balaban J connectivity index is 1.06. The van der Waals surface area contributed by atoms with Crippen molar-refractivity contribution in [3.8, 4) is 39.5 Å². The lowest BCUT2D eigenvalue weighted by Crippen LogP contribution is -2.03. The van der Waals surface area contributed by atoms with Crippen LogP contribution in [0, 0.1) is 0 Å². The molecule has 0 saturated carbocycles. The highest BCUT2D eigenvalue weighted by Gasteiger charge is 2.27. The fourth-order valence-corrected chi connectivity index (χ4v) is 10.9. The summed E-state index contributed by atoms with van der Waals surface area (Å²) in [5, 5.41) is 8.61. The zero-order valence-electron chi connectivity index (χ0n) is 30.8. The maximum atomic E-state index is 6.65. The first-order chi connectivity index (χ1) is 28.8. The molecule has 5 nitrogen and oxygen atoms in total. The van der Waals surface area contributed by atoms with Gasteiger partial charge in [0.1, 0.15) is 16.8 Å². The highest BCUT2D eigenvalue weighted by molar-refractivity contribution is 7.26. The minimum absolute atomic E-state index is 0.617. The molecule has 6 heterocycles. The van der Waals surface area contributed by atoms with Crippen LogP contribution >= 0.6 is 11.3 Å². The molecule has 0 N–H and O–H groups in total. The van der Waals surface area contributed by atoms with E-state index in [0.717, 1.165) is 49.9 Å². The molecule has 14 aromatic rings. The van der Waals surface area contributed by atoms with Crippen LogP contribution in [0.15, 0.2) is 174 Å². The lowest BCUT2D eigenvalue weighted by atomic mass is 9.98. The van der Waals surface area contributed by atoms with Crippen LogP contribution in [0.3, 0.4) is 0 Å². The fourth-order valence-electron chi connectivity index (χ4n) is 9.79. The number of furan rings is 1. The number of nitrogens with zero attached hydrogens (tertiary/aromatic N) is 4. The van der Waals surface area contributed by atoms with E-state index in [2.05, 4.69) is 167 Å². The van der Waals surface area contributed by atoms with Gasteiger partial charge in [-0.1, -0.05) is 115 Å². The van der Waals surface area contributed by atoms with Gasteiger partial charge in [-0.25, -0.2) is 9.97 Å². The Morgan fingerprint density at radius 3 is 1.98 bits per heavy atom. The predicted octanol–water partition coefficient (Wildman–Crippen LogP) is 14.3. The van der Waals surface area contributed by atoms with E-state index >= 15 is 0 Å². The molecule has 0 bridgehead atoms. The van der Waals surface area contributed by atoms with E-state index in [0.29, 0.717) is 11.5 Å². The number of para-hydroxylation sites is 2. The summed E-state index contributed by atoms with van der Waals surface area (Å²) in [6.45, 7) is 0. The van der Waals surface area contributed by atoms with Gasteiger partial charge in [0.2, 0.25) is 5.95 Å². The lowest BCUT2D eigenvalue weighted by molar-refractivity contribution is 0.666. The molecular formula is C52H28N4OS. The van der Waals surface area contributed by atoms with Gasteiger partial charge in [-0.05, 0) is 76.9 Å². The van der Waals surface area contributed by atoms with Gasteiger partial charge in [-0.2, -0.15) is 0 Å². The quantitative estimate of drug-likeness (QED) is 0.180. The second-order valence-corrected chi connectivity index (χ2v) is 16.4. The Kier molecular flexibility index (Phi) is 5.85. The van der Waals surface area contributed by atoms with Crippen molar-refractivity contribution in [2.75, 3.05) is 0 Å². The maximum Gasteiger partial charge on any atom is 0.236 e. The molecule has 0 saturated heterocycles. The SMILES string of the molecule is c1ccc(-c2ccc(-c3cccc(-c4nc(-n5c6ccc7sc8ccc9c%10ccccc%10n%10c%11cccc5c%11c6c7c8c9%10)nc5c4oc4ccccc45)c3)cc2)cc1. The van der Waals surface area contributed by atoms with E-state index in [1.54, 1.807) is 0 Å². The molecule has 0 aliphatic rings. The van der Waals surface area contributed by atoms with Crippen molar-refractivity contribution in [1.29, 1.82) is 0 Å². The molecule has 14 rings (SSSR count). The molecule has 0 radical (unpaired) electrons. The molecule has 0 atom stereocenters. The van der Waals surface area contributed by atoms with E-state index in [1.807, 2.05) is 23.5 Å². The second kappa shape index (κ2) is 11.1. The summed E-state index contributed by atoms with van der Waals surface area (Å²) in [6, 6.07) is 60.8. The van der Waals surface area contributed by atoms with Crippen LogP contribution in [0.1, 0.15) is 0 Å². The van der Waals surface area contributed by atoms with Crippen LogP contribution in [0.25, 0.3) is 131 Å². The van der Waals surface area contributed by atoms with Crippen LogP contribution in [-0.4, -0.2) is 18.9 Å². The normalized spacial score (nSPS) is 12.5. The number of hydrogen-bond donors (Lipinski definition) is 0. The summed E-state index contributed by atoms with van der Waals surface area (Å²) < 4.78 is 14.0. The summed E-state index contributed by atoms with van der Waals surface area (Å²) in [5.74, 6) is 0.617. The van der Waals surface area contributed by atoms with Crippen LogP contribution in [0.2, 0.25) is 0 Å². The van der Waals surface area contributed by atoms with Gasteiger partial charge in [0, 0.05) is 52.7 Å². The Morgan fingerprint density at radius 2 is 1.09 bits per heavy atom. The molecule has 8 aromatic carbocycles. The molecule has 6 heteroatoms. The second-order valence-electron chi connectivity index (χ2n) is 15.3. The van der Waals surface area contributed by atoms with Crippen molar-refractivity contribution < 1.29 is 4.42 Å². The van der Waals surface area contributed by atoms with Crippen LogP contribution in [0.5, 0.6) is 0 Å². The molecule has 268 valence electrons. The molecule has 0 unspecified atom stereocenters. The molecule has 0 fully saturated rings. The Bertz CT molecular complexity index is 3960. The van der Waals surface area contributed by atoms with Crippen molar-refractivity contribution in [2.24, 2.45) is 0 Å². The molecular weight excluding hydrogens is 729 g/mol. The first-order valence-electron chi connectivity index (χ1n) is 19.6. The first kappa shape index (κ1) is 30.7. The number of thiophene rings is 1. The molecule has 0 amide bonds. The van der Waals surface area contributed by atoms with E-state index in [1.165, 1.54) is 69.4 Å². The minimum Gasteiger partial charge on any atom is -0.452 e. The van der Waals surface area contributed by atoms with Gasteiger partial charge in [0.15, 0.2) is 5.58 Å². The Morgan fingerprint density at radius 1 is 0.431 bits per heavy atom. The molecule has 58 heavy (non-hydrogen) atoms. The number of fused-ring (bicyclic) bond motifs is 7. The van der Waals surface area contributed by atoms with Gasteiger partial charge >= 0.3 is 0 Å². The molecule has 0 aliphatic carbocycles. The van der Waals surface area contributed by atoms with Crippen molar-refractivity contribution >= 4 is 103 Å². The highest BCUT2D eigenvalue weighted by Crippen LogP contribution is 2.50. The zero-order valence-corrected chi connectivity index (χ0v) is 31.6. The third-order valence-electron chi connectivity index (χ3n) is 12.3. The Labute approximate surface area is 333 Å². The average Bonchev–Trinajstić information content (AvgIpc) is 4.02. The van der Waals surface area contributed by atoms with Gasteiger partial charge in [-0.3, -0.25) is 4.57 Å². The van der Waals surface area contributed by atoms with Gasteiger partial charge in [0.25, 0.3) is 0 Å². The van der Waals surface area contributed by atoms with E-state index in [4.69, 9.17) is 14.4 Å². The number of rotatable bonds is 4. The molecule has 6 aromatic heterocycles. The summed E-state index contributed by atoms with van der Waals surface area (Å²) in [5.41, 5.74) is 14.5. The summed E-state index contributed by atoms with van der Waals surface area (Å²) in [4.78, 5) is 10.9. The third kappa shape index (κ3) is 3.94. The van der Waals surface area contributed by atoms with Crippen molar-refractivity contribution in [2.45, 2.75) is 0 Å². The van der Waals surface area contributed by atoms with E-state index < -0.39 is 0 Å². The monoisotopic (exact) mass is 756 g/mol. The topological polar surface area (TPSA) is 48.3 Å². The summed E-state index contributed by atoms with van der Waals surface area (Å²) in [7, 11) is 0. The lowest BCUT2D eigenvalue weighted by Gasteiger charge is -2.11. The molecule has 0 spiro atoms. The maximum absolute atomic E-state index is 6.65. The zero-order chi connectivity index (χ0) is 37.6. The number of aromatic nitrogens is 4. The highest BCUT2D eigenvalue weighted by atomic mass is 32.1. The van der Waals surface area contributed by atoms with Crippen molar-refractivity contribution in [3.05, 3.63) is 170 Å². The predicted molar refractivity (Wildman–Crippen MR) is 241 cm³/mol. The van der Waals surface area contributed by atoms with Gasteiger partial charge < -0.3 is 8.82 Å². The van der Waals surface area contributed by atoms with Crippen molar-refractivity contribution in [3.63, 3.8) is 0 Å². The van der Waals surface area contributed by atoms with E-state index in [9.17, 15) is 0 Å². The average molecular weight is 757 g/mol. The molecule has 0 aliphatic heterocycles. The van der Waals surface area contributed by atoms with Crippen LogP contribution in [0.4, 0.5) is 0 Å². The summed E-state index contributed by atoms with van der Waals surface area (Å²) in [6.07, 6.45) is 0. The fraction of sp³-hybridized carbons (Fsp3) is 0. The number of benzene rings is 8. The Hall–Kier alpha value is -7.54. The van der Waals surface area contributed by atoms with Gasteiger partial charge in [-0.15, -0.1) is 11.3 Å². The van der Waals surface area contributed by atoms with Crippen LogP contribution < -0.4 is 0 Å². The first-order valence-corrected chi connectivity index (χ1v) is 20.4. The summed E-state index contributed by atoms with van der Waals surface area (Å²) >= 11 is 1.87.